The summed E-state index contributed by atoms with van der Waals surface area (Å²) >= 11 is 0. The van der Waals surface area contributed by atoms with Gasteiger partial charge in [0.2, 0.25) is 0 Å². The van der Waals surface area contributed by atoms with Crippen LogP contribution in [-0.2, 0) is 17.7 Å². The van der Waals surface area contributed by atoms with Gasteiger partial charge in [0.15, 0.2) is 12.1 Å². The van der Waals surface area contributed by atoms with Crippen LogP contribution in [-0.4, -0.2) is 35.1 Å². The minimum Gasteiger partial charge on any atom is -0.380 e. The van der Waals surface area contributed by atoms with E-state index in [1.165, 1.54) is 0 Å². The normalized spacial score (nSPS) is 14.8. The maximum Gasteiger partial charge on any atom is 0.181 e. The molecular weight excluding hydrogens is 220 g/mol. The molecule has 0 bridgehead atoms. The first-order valence-corrected chi connectivity index (χ1v) is 5.93. The quantitative estimate of drug-likeness (QED) is 0.570. The number of aromatic nitrogens is 2. The van der Waals surface area contributed by atoms with E-state index in [9.17, 15) is 9.59 Å². The van der Waals surface area contributed by atoms with Gasteiger partial charge in [0.05, 0.1) is 13.2 Å². The van der Waals surface area contributed by atoms with Crippen LogP contribution in [0.5, 0.6) is 0 Å². The summed E-state index contributed by atoms with van der Waals surface area (Å²) in [5.74, 6) is 0.0864. The molecule has 1 heterocycles. The van der Waals surface area contributed by atoms with Gasteiger partial charge in [0, 0.05) is 18.6 Å². The highest BCUT2D eigenvalue weighted by molar-refractivity contribution is 5.98. The maximum atomic E-state index is 11.9. The average Bonchev–Trinajstić information content (AvgIpc) is 2.69. The molecule has 0 aromatic carbocycles. The summed E-state index contributed by atoms with van der Waals surface area (Å²) in [6.07, 6.45) is 2.86. The van der Waals surface area contributed by atoms with E-state index in [2.05, 4.69) is 5.10 Å². The van der Waals surface area contributed by atoms with Gasteiger partial charge in [-0.15, -0.1) is 0 Å². The molecule has 0 amide bonds. The Kier molecular flexibility index (Phi) is 3.68. The highest BCUT2D eigenvalue weighted by Crippen LogP contribution is 2.23. The Morgan fingerprint density at radius 2 is 2.29 bits per heavy atom. The van der Waals surface area contributed by atoms with E-state index in [-0.39, 0.29) is 5.78 Å². The van der Waals surface area contributed by atoms with Crippen molar-refractivity contribution in [2.45, 2.75) is 32.7 Å². The molecule has 0 fully saturated rings. The van der Waals surface area contributed by atoms with Crippen LogP contribution in [0.2, 0.25) is 0 Å². The molecule has 2 rings (SSSR count). The van der Waals surface area contributed by atoms with Crippen molar-refractivity contribution in [1.82, 2.24) is 9.78 Å². The van der Waals surface area contributed by atoms with E-state index in [4.69, 9.17) is 4.74 Å². The molecule has 0 spiro atoms. The van der Waals surface area contributed by atoms with Crippen LogP contribution in [0.4, 0.5) is 0 Å². The van der Waals surface area contributed by atoms with Gasteiger partial charge in [-0.25, -0.2) is 0 Å². The first kappa shape index (κ1) is 12.0. The van der Waals surface area contributed by atoms with E-state index in [0.29, 0.717) is 37.6 Å². The van der Waals surface area contributed by atoms with Crippen molar-refractivity contribution in [2.24, 2.45) is 0 Å². The summed E-state index contributed by atoms with van der Waals surface area (Å²) in [7, 11) is 0. The highest BCUT2D eigenvalue weighted by atomic mass is 16.5. The molecule has 0 N–H and O–H groups in total. The SMILES string of the molecule is CCOCCn1nc(C=O)c2c1C(=O)CCC2. The summed E-state index contributed by atoms with van der Waals surface area (Å²) in [4.78, 5) is 22.8. The van der Waals surface area contributed by atoms with Crippen molar-refractivity contribution >= 4 is 12.1 Å². The maximum absolute atomic E-state index is 11.9. The van der Waals surface area contributed by atoms with Crippen molar-refractivity contribution < 1.29 is 14.3 Å². The third-order valence-electron chi connectivity index (χ3n) is 2.94. The second-order valence-corrected chi connectivity index (χ2v) is 4.03. The molecule has 92 valence electrons. The largest absolute Gasteiger partial charge is 0.380 e. The molecule has 0 atom stereocenters. The number of carbonyl (C=O) groups is 2. The molecule has 1 aromatic rings. The number of hydrogen-bond acceptors (Lipinski definition) is 4. The number of fused-ring (bicyclic) bond motifs is 1. The number of Topliss-reactive ketones (excluding diaryl/α,β-unsaturated/α-hetero) is 1. The molecule has 0 unspecified atom stereocenters. The van der Waals surface area contributed by atoms with Crippen LogP contribution in [0.1, 0.15) is 46.3 Å². The molecule has 1 aliphatic carbocycles. The Labute approximate surface area is 99.8 Å². The number of rotatable bonds is 5. The van der Waals surface area contributed by atoms with Crippen molar-refractivity contribution in [3.05, 3.63) is 17.0 Å². The molecule has 5 nitrogen and oxygen atoms in total. The zero-order valence-electron chi connectivity index (χ0n) is 9.94. The predicted molar refractivity (Wildman–Crippen MR) is 61.4 cm³/mol. The minimum absolute atomic E-state index is 0.0864. The highest BCUT2D eigenvalue weighted by Gasteiger charge is 2.26. The lowest BCUT2D eigenvalue weighted by atomic mass is 9.95. The monoisotopic (exact) mass is 236 g/mol. The van der Waals surface area contributed by atoms with Crippen molar-refractivity contribution in [2.75, 3.05) is 13.2 Å². The number of carbonyl (C=O) groups excluding carboxylic acids is 2. The summed E-state index contributed by atoms with van der Waals surface area (Å²) in [5.41, 5.74) is 1.83. The van der Waals surface area contributed by atoms with E-state index in [1.54, 1.807) is 4.68 Å². The van der Waals surface area contributed by atoms with Gasteiger partial charge in [-0.2, -0.15) is 5.10 Å². The Bertz CT molecular complexity index is 437. The van der Waals surface area contributed by atoms with Crippen molar-refractivity contribution in [3.63, 3.8) is 0 Å². The lowest BCUT2D eigenvalue weighted by molar-refractivity contribution is 0.0953. The predicted octanol–water partition coefficient (Wildman–Crippen LogP) is 1.25. The third kappa shape index (κ3) is 2.29. The molecular formula is C12H16N2O3. The Balaban J connectivity index is 2.28. The van der Waals surface area contributed by atoms with Crippen LogP contribution in [0.3, 0.4) is 0 Å². The summed E-state index contributed by atoms with van der Waals surface area (Å²) in [5, 5.41) is 4.18. The molecule has 1 aliphatic rings. The minimum atomic E-state index is 0.0864. The molecule has 5 heteroatoms. The standard InChI is InChI=1S/C12H16N2O3/c1-2-17-7-6-14-12-9(10(8-15)13-14)4-3-5-11(12)16/h8H,2-7H2,1H3. The van der Waals surface area contributed by atoms with E-state index in [1.807, 2.05) is 6.92 Å². The lowest BCUT2D eigenvalue weighted by Crippen LogP contribution is -2.18. The fraction of sp³-hybridized carbons (Fsp3) is 0.583. The number of hydrogen-bond donors (Lipinski definition) is 0. The molecule has 0 aliphatic heterocycles. The zero-order chi connectivity index (χ0) is 12.3. The second kappa shape index (κ2) is 5.23. The number of ketones is 1. The van der Waals surface area contributed by atoms with Crippen LogP contribution in [0, 0.1) is 0 Å². The van der Waals surface area contributed by atoms with E-state index in [0.717, 1.165) is 24.7 Å². The molecule has 0 radical (unpaired) electrons. The molecule has 1 aromatic heterocycles. The third-order valence-corrected chi connectivity index (χ3v) is 2.94. The molecule has 0 saturated carbocycles. The summed E-state index contributed by atoms with van der Waals surface area (Å²) in [6.45, 7) is 3.59. The van der Waals surface area contributed by atoms with E-state index < -0.39 is 0 Å². The summed E-state index contributed by atoms with van der Waals surface area (Å²) in [6, 6.07) is 0. The fourth-order valence-electron chi connectivity index (χ4n) is 2.17. The van der Waals surface area contributed by atoms with Crippen molar-refractivity contribution in [1.29, 1.82) is 0 Å². The van der Waals surface area contributed by atoms with Crippen LogP contribution in [0.25, 0.3) is 0 Å². The lowest BCUT2D eigenvalue weighted by Gasteiger charge is -2.12. The fourth-order valence-corrected chi connectivity index (χ4v) is 2.17. The van der Waals surface area contributed by atoms with Gasteiger partial charge in [0.25, 0.3) is 0 Å². The van der Waals surface area contributed by atoms with Gasteiger partial charge in [-0.05, 0) is 19.8 Å². The van der Waals surface area contributed by atoms with Gasteiger partial charge in [-0.1, -0.05) is 0 Å². The Morgan fingerprint density at radius 3 is 3.00 bits per heavy atom. The van der Waals surface area contributed by atoms with Gasteiger partial charge in [0.1, 0.15) is 11.4 Å². The average molecular weight is 236 g/mol. The van der Waals surface area contributed by atoms with Crippen LogP contribution in [0.15, 0.2) is 0 Å². The van der Waals surface area contributed by atoms with Crippen LogP contribution >= 0.6 is 0 Å². The number of aldehydes is 1. The van der Waals surface area contributed by atoms with Crippen molar-refractivity contribution in [3.8, 4) is 0 Å². The van der Waals surface area contributed by atoms with Gasteiger partial charge < -0.3 is 4.74 Å². The Hall–Kier alpha value is -1.49. The molecule has 17 heavy (non-hydrogen) atoms. The number of nitrogens with zero attached hydrogens (tertiary/aromatic N) is 2. The van der Waals surface area contributed by atoms with Gasteiger partial charge in [-0.3, -0.25) is 14.3 Å². The van der Waals surface area contributed by atoms with Gasteiger partial charge >= 0.3 is 0 Å². The smallest absolute Gasteiger partial charge is 0.181 e. The zero-order valence-corrected chi connectivity index (χ0v) is 9.94. The Morgan fingerprint density at radius 1 is 1.47 bits per heavy atom. The summed E-state index contributed by atoms with van der Waals surface area (Å²) < 4.78 is 6.87. The topological polar surface area (TPSA) is 61.2 Å². The molecule has 0 saturated heterocycles. The first-order valence-electron chi connectivity index (χ1n) is 5.93. The van der Waals surface area contributed by atoms with Crippen LogP contribution < -0.4 is 0 Å². The first-order chi connectivity index (χ1) is 8.27. The van der Waals surface area contributed by atoms with E-state index >= 15 is 0 Å². The number of ether oxygens (including phenoxy) is 1. The second-order valence-electron chi connectivity index (χ2n) is 4.03.